The van der Waals surface area contributed by atoms with E-state index in [2.05, 4.69) is 10.6 Å². The van der Waals surface area contributed by atoms with E-state index in [1.807, 2.05) is 0 Å². The number of guanidine groups is 1. The molecule has 0 aromatic rings. The third-order valence-corrected chi connectivity index (χ3v) is 5.94. The first-order valence-corrected chi connectivity index (χ1v) is 11.8. The van der Waals surface area contributed by atoms with Crippen LogP contribution < -0.4 is 27.8 Å². The molecule has 1 aliphatic rings. The highest BCUT2D eigenvalue weighted by Gasteiger charge is 2.58. The van der Waals surface area contributed by atoms with Crippen LogP contribution in [0, 0.1) is 11.3 Å². The number of nitrogens with two attached hydrogens (primary N) is 3. The van der Waals surface area contributed by atoms with Crippen molar-refractivity contribution < 1.29 is 33.4 Å². The second-order valence-corrected chi connectivity index (χ2v) is 8.58. The minimum Gasteiger partial charge on any atom is -0.378 e. The number of hydrogen-bond donors (Lipinski definition) is 6. The Bertz CT molecular complexity index is 810. The van der Waals surface area contributed by atoms with Crippen molar-refractivity contribution in [1.29, 1.82) is 5.41 Å². The summed E-state index contributed by atoms with van der Waals surface area (Å²) in [5.41, 5.74) is 14.4. The molecule has 9 N–H and O–H groups in total. The quantitative estimate of drug-likeness (QED) is 0.0377. The number of carbonyl (C=O) groups is 5. The number of hydrogen-bond acceptors (Lipinski definition) is 10. The van der Waals surface area contributed by atoms with Crippen molar-refractivity contribution in [2.24, 2.45) is 23.1 Å². The maximum Gasteiger partial charge on any atom is 0.246 e. The van der Waals surface area contributed by atoms with Gasteiger partial charge in [-0.3, -0.25) is 24.6 Å². The Morgan fingerprint density at radius 1 is 1.22 bits per heavy atom. The van der Waals surface area contributed by atoms with Crippen LogP contribution in [0.1, 0.15) is 33.1 Å². The molecule has 2 amide bonds. The minimum absolute atomic E-state index is 0.0177. The van der Waals surface area contributed by atoms with Crippen LogP contribution in [0.4, 0.5) is 0 Å². The number of aldehydes is 1. The topological polar surface area (TPSA) is 233 Å². The lowest BCUT2D eigenvalue weighted by atomic mass is 9.79. The summed E-state index contributed by atoms with van der Waals surface area (Å²) in [6, 6.07) is -2.03. The molecule has 0 spiro atoms. The Morgan fingerprint density at radius 3 is 2.47 bits per heavy atom. The number of amides is 2. The number of rotatable bonds is 17. The molecule has 0 aromatic carbocycles. The van der Waals surface area contributed by atoms with Crippen molar-refractivity contribution in [2.75, 3.05) is 46.1 Å². The molecule has 0 aromatic heterocycles. The van der Waals surface area contributed by atoms with Crippen LogP contribution in [-0.4, -0.2) is 104 Å². The molecular weight excluding hydrogens is 474 g/mol. The fourth-order valence-corrected chi connectivity index (χ4v) is 4.09. The Balaban J connectivity index is 2.87. The van der Waals surface area contributed by atoms with E-state index in [0.29, 0.717) is 32.4 Å². The number of ketones is 2. The third kappa shape index (κ3) is 8.33. The molecule has 36 heavy (non-hydrogen) atoms. The van der Waals surface area contributed by atoms with Gasteiger partial charge in [0, 0.05) is 19.6 Å². The predicted molar refractivity (Wildman–Crippen MR) is 130 cm³/mol. The van der Waals surface area contributed by atoms with Crippen LogP contribution in [0.2, 0.25) is 0 Å². The molecule has 14 nitrogen and oxygen atoms in total. The van der Waals surface area contributed by atoms with Gasteiger partial charge in [-0.05, 0) is 33.1 Å². The zero-order valence-corrected chi connectivity index (χ0v) is 20.9. The van der Waals surface area contributed by atoms with E-state index in [1.54, 1.807) is 0 Å². The second kappa shape index (κ2) is 15.2. The number of likely N-dealkylation sites (tertiary alicyclic amines) is 1. The Labute approximate surface area is 210 Å². The monoisotopic (exact) mass is 513 g/mol. The molecule has 0 saturated carbocycles. The van der Waals surface area contributed by atoms with E-state index in [9.17, 15) is 24.0 Å². The van der Waals surface area contributed by atoms with Crippen LogP contribution >= 0.6 is 0 Å². The Morgan fingerprint density at radius 2 is 1.89 bits per heavy atom. The molecule has 204 valence electrons. The lowest BCUT2D eigenvalue weighted by molar-refractivity contribution is -0.154. The van der Waals surface area contributed by atoms with Crippen LogP contribution in [0.25, 0.3) is 0 Å². The second-order valence-electron chi connectivity index (χ2n) is 8.58. The summed E-state index contributed by atoms with van der Waals surface area (Å²) in [4.78, 5) is 64.6. The first-order chi connectivity index (χ1) is 17.0. The van der Waals surface area contributed by atoms with E-state index >= 15 is 0 Å². The first kappa shape index (κ1) is 31.1. The lowest BCUT2D eigenvalue weighted by Crippen LogP contribution is -2.63. The van der Waals surface area contributed by atoms with Crippen LogP contribution in [0.5, 0.6) is 0 Å². The van der Waals surface area contributed by atoms with Gasteiger partial charge in [0.15, 0.2) is 23.6 Å². The Kier molecular flexibility index (Phi) is 13.2. The number of nitrogens with zero attached hydrogens (tertiary/aromatic N) is 1. The lowest BCUT2D eigenvalue weighted by Gasteiger charge is -2.37. The average Bonchev–Trinajstić information content (AvgIpc) is 3.23. The SMILES string of the molecule is CC(=O)C1CCN(C(=O)[C@@H](C)NC(=O)[C@@H](N)CCCNC(=N)N)[C@@]1(C=O)C(=O)COCCOCCN. The van der Waals surface area contributed by atoms with Crippen molar-refractivity contribution in [1.82, 2.24) is 15.5 Å². The van der Waals surface area contributed by atoms with Crippen molar-refractivity contribution >= 4 is 35.6 Å². The van der Waals surface area contributed by atoms with Gasteiger partial charge in [-0.25, -0.2) is 0 Å². The highest BCUT2D eigenvalue weighted by molar-refractivity contribution is 6.11. The predicted octanol–water partition coefficient (Wildman–Crippen LogP) is -2.98. The summed E-state index contributed by atoms with van der Waals surface area (Å²) in [5.74, 6) is -3.64. The zero-order chi connectivity index (χ0) is 27.3. The molecule has 1 unspecified atom stereocenters. The van der Waals surface area contributed by atoms with Crippen molar-refractivity contribution in [3.63, 3.8) is 0 Å². The molecule has 4 atom stereocenters. The molecule has 1 aliphatic heterocycles. The average molecular weight is 514 g/mol. The highest BCUT2D eigenvalue weighted by atomic mass is 16.5. The number of carbonyl (C=O) groups excluding carboxylic acids is 5. The van der Waals surface area contributed by atoms with E-state index in [1.165, 1.54) is 13.8 Å². The normalized spacial score (nSPS) is 20.9. The molecule has 1 saturated heterocycles. The summed E-state index contributed by atoms with van der Waals surface area (Å²) in [6.07, 6.45) is 1.17. The largest absolute Gasteiger partial charge is 0.378 e. The van der Waals surface area contributed by atoms with Gasteiger partial charge in [-0.15, -0.1) is 0 Å². The van der Waals surface area contributed by atoms with Gasteiger partial charge in [0.2, 0.25) is 11.8 Å². The van der Waals surface area contributed by atoms with Crippen molar-refractivity contribution in [2.45, 2.75) is 50.7 Å². The summed E-state index contributed by atoms with van der Waals surface area (Å²) in [7, 11) is 0. The minimum atomic E-state index is -2.03. The van der Waals surface area contributed by atoms with Crippen molar-refractivity contribution in [3.05, 3.63) is 0 Å². The number of ether oxygens (including phenoxy) is 2. The van der Waals surface area contributed by atoms with Gasteiger partial charge in [0.05, 0.1) is 31.8 Å². The number of nitrogens with one attached hydrogen (secondary N) is 3. The van der Waals surface area contributed by atoms with Crippen molar-refractivity contribution in [3.8, 4) is 0 Å². The molecule has 1 fully saturated rings. The van der Waals surface area contributed by atoms with Gasteiger partial charge in [-0.2, -0.15) is 0 Å². The highest BCUT2D eigenvalue weighted by Crippen LogP contribution is 2.36. The summed E-state index contributed by atoms with van der Waals surface area (Å²) in [6.45, 7) is 3.42. The molecular formula is C22H39N7O7. The summed E-state index contributed by atoms with van der Waals surface area (Å²) >= 11 is 0. The zero-order valence-electron chi connectivity index (χ0n) is 20.9. The molecule has 0 aliphatic carbocycles. The maximum absolute atomic E-state index is 13.3. The van der Waals surface area contributed by atoms with Crippen LogP contribution in [0.15, 0.2) is 0 Å². The smallest absolute Gasteiger partial charge is 0.246 e. The van der Waals surface area contributed by atoms with Gasteiger partial charge in [-0.1, -0.05) is 0 Å². The van der Waals surface area contributed by atoms with E-state index in [-0.39, 0.29) is 38.6 Å². The molecule has 1 rings (SSSR count). The van der Waals surface area contributed by atoms with Gasteiger partial charge in [0.25, 0.3) is 0 Å². The summed E-state index contributed by atoms with van der Waals surface area (Å²) in [5, 5.41) is 12.2. The molecule has 1 heterocycles. The maximum atomic E-state index is 13.3. The molecule has 0 radical (unpaired) electrons. The van der Waals surface area contributed by atoms with Crippen LogP contribution in [0.3, 0.4) is 0 Å². The van der Waals surface area contributed by atoms with E-state index in [0.717, 1.165) is 4.90 Å². The number of Topliss-reactive ketones (excluding diaryl/α,β-unsaturated/α-hetero) is 2. The molecule has 0 bridgehead atoms. The first-order valence-electron chi connectivity index (χ1n) is 11.8. The third-order valence-electron chi connectivity index (χ3n) is 5.94. The summed E-state index contributed by atoms with van der Waals surface area (Å²) < 4.78 is 10.5. The Hall–Kier alpha value is -2.94. The van der Waals surface area contributed by atoms with E-state index in [4.69, 9.17) is 32.1 Å². The standard InChI is InChI=1S/C22H39N7O7/c1-14(28-19(33)17(24)4-3-7-27-21(25)26)20(34)29-8-5-16(15(2)31)22(29,13-30)18(32)12-36-11-10-35-9-6-23/h13-14,16-17H,3-12,23-24H2,1-2H3,(H,28,33)(H4,25,26,27)/t14-,16?,17+,22-/m1/s1. The van der Waals surface area contributed by atoms with Gasteiger partial charge in [0.1, 0.15) is 18.4 Å². The van der Waals surface area contributed by atoms with Gasteiger partial charge < -0.3 is 47.0 Å². The fourth-order valence-electron chi connectivity index (χ4n) is 4.09. The fraction of sp³-hybridized carbons (Fsp3) is 0.727. The van der Waals surface area contributed by atoms with Crippen LogP contribution in [-0.2, 0) is 33.4 Å². The van der Waals surface area contributed by atoms with E-state index < -0.39 is 53.5 Å². The van der Waals surface area contributed by atoms with Gasteiger partial charge >= 0.3 is 0 Å². The molecule has 14 heteroatoms.